The molecule has 0 radical (unpaired) electrons. The fourth-order valence-corrected chi connectivity index (χ4v) is 2.34. The van der Waals surface area contributed by atoms with Crippen molar-refractivity contribution in [3.63, 3.8) is 0 Å². The Morgan fingerprint density at radius 2 is 2.05 bits per heavy atom. The smallest absolute Gasteiger partial charge is 0.305 e. The Bertz CT molecular complexity index is 568. The summed E-state index contributed by atoms with van der Waals surface area (Å²) >= 11 is 0. The summed E-state index contributed by atoms with van der Waals surface area (Å²) in [5.41, 5.74) is 1.13. The number of rotatable bonds is 6. The Morgan fingerprint density at radius 3 is 2.65 bits per heavy atom. The van der Waals surface area contributed by atoms with Gasteiger partial charge in [-0.25, -0.2) is 4.68 Å². The summed E-state index contributed by atoms with van der Waals surface area (Å²) in [4.78, 5) is 10.8. The Balaban J connectivity index is 2.32. The van der Waals surface area contributed by atoms with E-state index in [4.69, 9.17) is 5.11 Å². The number of aromatic nitrogens is 4. The Hall–Kier alpha value is -2.24. The second kappa shape index (κ2) is 6.27. The molecule has 1 heterocycles. The lowest BCUT2D eigenvalue weighted by atomic mass is 9.95. The zero-order valence-corrected chi connectivity index (χ0v) is 11.6. The van der Waals surface area contributed by atoms with Crippen molar-refractivity contribution in [2.45, 2.75) is 38.6 Å². The molecule has 0 saturated heterocycles. The minimum atomic E-state index is -0.855. The third kappa shape index (κ3) is 3.01. The van der Waals surface area contributed by atoms with Crippen molar-refractivity contribution in [3.05, 3.63) is 41.7 Å². The van der Waals surface area contributed by atoms with Gasteiger partial charge in [-0.05, 0) is 29.3 Å². The molecule has 0 spiro atoms. The van der Waals surface area contributed by atoms with Crippen LogP contribution < -0.4 is 0 Å². The topological polar surface area (TPSA) is 80.9 Å². The molecule has 6 heteroatoms. The van der Waals surface area contributed by atoms with Crippen molar-refractivity contribution in [2.75, 3.05) is 0 Å². The maximum absolute atomic E-state index is 10.8. The normalized spacial score (nSPS) is 13.9. The molecule has 0 saturated carbocycles. The van der Waals surface area contributed by atoms with Gasteiger partial charge in [0, 0.05) is 5.92 Å². The van der Waals surface area contributed by atoms with Crippen molar-refractivity contribution >= 4 is 5.97 Å². The van der Waals surface area contributed by atoms with Gasteiger partial charge in [-0.1, -0.05) is 37.3 Å². The second-order valence-corrected chi connectivity index (χ2v) is 4.80. The van der Waals surface area contributed by atoms with Crippen LogP contribution in [0.4, 0.5) is 0 Å². The van der Waals surface area contributed by atoms with Gasteiger partial charge in [-0.15, -0.1) is 5.10 Å². The van der Waals surface area contributed by atoms with Crippen LogP contribution in [0.3, 0.4) is 0 Å². The van der Waals surface area contributed by atoms with E-state index in [0.29, 0.717) is 5.82 Å². The summed E-state index contributed by atoms with van der Waals surface area (Å²) in [6, 6.07) is 9.73. The molecular formula is C14H18N4O2. The predicted octanol–water partition coefficient (Wildman–Crippen LogP) is 2.25. The summed E-state index contributed by atoms with van der Waals surface area (Å²) < 4.78 is 1.62. The van der Waals surface area contributed by atoms with E-state index in [9.17, 15) is 4.79 Å². The van der Waals surface area contributed by atoms with Crippen LogP contribution in [0.2, 0.25) is 0 Å². The highest BCUT2D eigenvalue weighted by Crippen LogP contribution is 2.27. The van der Waals surface area contributed by atoms with Gasteiger partial charge in [0.15, 0.2) is 5.82 Å². The van der Waals surface area contributed by atoms with Gasteiger partial charge >= 0.3 is 5.97 Å². The first-order valence-corrected chi connectivity index (χ1v) is 6.68. The third-order valence-electron chi connectivity index (χ3n) is 3.33. The minimum absolute atomic E-state index is 0.00324. The lowest BCUT2D eigenvalue weighted by Crippen LogP contribution is -2.17. The van der Waals surface area contributed by atoms with Gasteiger partial charge in [0.25, 0.3) is 0 Å². The molecule has 20 heavy (non-hydrogen) atoms. The highest BCUT2D eigenvalue weighted by atomic mass is 16.4. The average molecular weight is 274 g/mol. The minimum Gasteiger partial charge on any atom is -0.481 e. The molecular weight excluding hydrogens is 256 g/mol. The molecule has 0 amide bonds. The Morgan fingerprint density at radius 1 is 1.35 bits per heavy atom. The molecule has 0 bridgehead atoms. The molecule has 1 aromatic carbocycles. The molecule has 1 N–H and O–H groups in total. The zero-order valence-electron chi connectivity index (χ0n) is 11.6. The quantitative estimate of drug-likeness (QED) is 0.873. The first-order chi connectivity index (χ1) is 9.63. The number of carboxylic acids is 1. The highest BCUT2D eigenvalue weighted by Gasteiger charge is 2.23. The number of carboxylic acid groups (broad SMARTS) is 1. The third-order valence-corrected chi connectivity index (χ3v) is 3.33. The molecule has 106 valence electrons. The van der Waals surface area contributed by atoms with Crippen molar-refractivity contribution in [1.29, 1.82) is 0 Å². The number of hydrogen-bond acceptors (Lipinski definition) is 4. The van der Waals surface area contributed by atoms with Gasteiger partial charge in [-0.3, -0.25) is 4.79 Å². The Kier molecular flexibility index (Phi) is 4.45. The molecule has 0 aliphatic carbocycles. The van der Waals surface area contributed by atoms with Crippen molar-refractivity contribution in [1.82, 2.24) is 20.2 Å². The van der Waals surface area contributed by atoms with Crippen LogP contribution in [0.25, 0.3) is 0 Å². The van der Waals surface area contributed by atoms with E-state index in [2.05, 4.69) is 22.4 Å². The molecule has 0 aliphatic heterocycles. The maximum atomic E-state index is 10.8. The summed E-state index contributed by atoms with van der Waals surface area (Å²) in [7, 11) is 0. The molecule has 2 unspecified atom stereocenters. The number of carbonyl (C=O) groups is 1. The van der Waals surface area contributed by atoms with Gasteiger partial charge in [0.1, 0.15) is 0 Å². The first kappa shape index (κ1) is 14.2. The number of nitrogens with zero attached hydrogens (tertiary/aromatic N) is 4. The molecule has 2 aromatic rings. The van der Waals surface area contributed by atoms with Gasteiger partial charge < -0.3 is 5.11 Å². The van der Waals surface area contributed by atoms with Crippen LogP contribution in [0, 0.1) is 0 Å². The second-order valence-electron chi connectivity index (χ2n) is 4.80. The summed E-state index contributed by atoms with van der Waals surface area (Å²) in [6.45, 7) is 3.88. The van der Waals surface area contributed by atoms with Crippen molar-refractivity contribution < 1.29 is 9.90 Å². The fraction of sp³-hybridized carbons (Fsp3) is 0.429. The largest absolute Gasteiger partial charge is 0.481 e. The fourth-order valence-electron chi connectivity index (χ4n) is 2.34. The van der Waals surface area contributed by atoms with E-state index in [1.54, 1.807) is 4.68 Å². The van der Waals surface area contributed by atoms with Crippen LogP contribution in [0.15, 0.2) is 30.3 Å². The van der Waals surface area contributed by atoms with Crippen LogP contribution in [-0.4, -0.2) is 31.3 Å². The van der Waals surface area contributed by atoms with E-state index in [1.807, 2.05) is 37.3 Å². The van der Waals surface area contributed by atoms with E-state index in [-0.39, 0.29) is 18.4 Å². The Labute approximate surface area is 117 Å². The monoisotopic (exact) mass is 274 g/mol. The van der Waals surface area contributed by atoms with Crippen LogP contribution in [-0.2, 0) is 4.79 Å². The van der Waals surface area contributed by atoms with Crippen LogP contribution in [0.5, 0.6) is 0 Å². The van der Waals surface area contributed by atoms with Crippen LogP contribution in [0.1, 0.15) is 50.0 Å². The van der Waals surface area contributed by atoms with Crippen LogP contribution >= 0.6 is 0 Å². The highest BCUT2D eigenvalue weighted by molar-refractivity contribution is 5.67. The molecule has 1 aromatic heterocycles. The summed E-state index contributed by atoms with van der Waals surface area (Å²) in [5, 5.41) is 20.7. The average Bonchev–Trinajstić information content (AvgIpc) is 2.89. The van der Waals surface area contributed by atoms with Crippen molar-refractivity contribution in [2.24, 2.45) is 0 Å². The predicted molar refractivity (Wildman–Crippen MR) is 73.4 cm³/mol. The molecule has 6 nitrogen and oxygen atoms in total. The van der Waals surface area contributed by atoms with Gasteiger partial charge in [0.05, 0.1) is 12.5 Å². The standard InChI is InChI=1S/C14H18N4O2/c1-3-12(11-7-5-4-6-8-11)14-15-16-17-18(14)10(2)9-13(19)20/h4-8,10,12H,3,9H2,1-2H3,(H,19,20). The van der Waals surface area contributed by atoms with E-state index in [1.165, 1.54) is 0 Å². The SMILES string of the molecule is CCC(c1ccccc1)c1nnnn1C(C)CC(=O)O. The summed E-state index contributed by atoms with van der Waals surface area (Å²) in [5.74, 6) is -0.0680. The van der Waals surface area contributed by atoms with E-state index in [0.717, 1.165) is 12.0 Å². The molecule has 2 atom stereocenters. The molecule has 0 aliphatic rings. The number of tetrazole rings is 1. The summed E-state index contributed by atoms with van der Waals surface area (Å²) in [6.07, 6.45) is 0.855. The van der Waals surface area contributed by atoms with Gasteiger partial charge in [-0.2, -0.15) is 0 Å². The number of hydrogen-bond donors (Lipinski definition) is 1. The van der Waals surface area contributed by atoms with E-state index < -0.39 is 5.97 Å². The lowest BCUT2D eigenvalue weighted by molar-refractivity contribution is -0.137. The molecule has 0 fully saturated rings. The first-order valence-electron chi connectivity index (χ1n) is 6.68. The zero-order chi connectivity index (χ0) is 14.5. The molecule has 2 rings (SSSR count). The van der Waals surface area contributed by atoms with Crippen molar-refractivity contribution in [3.8, 4) is 0 Å². The number of aliphatic carboxylic acids is 1. The number of benzene rings is 1. The lowest BCUT2D eigenvalue weighted by Gasteiger charge is -2.17. The maximum Gasteiger partial charge on any atom is 0.305 e. The van der Waals surface area contributed by atoms with E-state index >= 15 is 0 Å². The van der Waals surface area contributed by atoms with Gasteiger partial charge in [0.2, 0.25) is 0 Å².